The molecule has 0 aromatic heterocycles. The van der Waals surface area contributed by atoms with Crippen molar-refractivity contribution >= 4 is 29.4 Å². The first kappa shape index (κ1) is 15.9. The Labute approximate surface area is 132 Å². The quantitative estimate of drug-likeness (QED) is 0.883. The molecule has 2 aromatic carbocycles. The van der Waals surface area contributed by atoms with Gasteiger partial charge in [0.15, 0.2) is 0 Å². The van der Waals surface area contributed by atoms with Crippen molar-refractivity contribution in [1.29, 1.82) is 0 Å². The highest BCUT2D eigenvalue weighted by molar-refractivity contribution is 6.32. The van der Waals surface area contributed by atoms with Gasteiger partial charge in [0.1, 0.15) is 11.6 Å². The third-order valence-electron chi connectivity index (χ3n) is 2.77. The van der Waals surface area contributed by atoms with E-state index in [1.54, 1.807) is 36.4 Å². The standard InChI is InChI=1S/C16H14ClFN2O2/c1-22-15-7-6-13(10-14(15)17)20-16(21)19-9-8-11-2-4-12(18)5-3-11/h2-10H,1H3,(H2,19,20,21)/b9-8+. The Hall–Kier alpha value is -2.53. The predicted octanol–water partition coefficient (Wildman–Crippen LogP) is 4.28. The van der Waals surface area contributed by atoms with Crippen LogP contribution in [-0.4, -0.2) is 13.1 Å². The summed E-state index contributed by atoms with van der Waals surface area (Å²) >= 11 is 5.97. The largest absolute Gasteiger partial charge is 0.495 e. The smallest absolute Gasteiger partial charge is 0.323 e. The lowest BCUT2D eigenvalue weighted by Gasteiger charge is -2.07. The van der Waals surface area contributed by atoms with Gasteiger partial charge in [0.25, 0.3) is 0 Å². The third-order valence-corrected chi connectivity index (χ3v) is 3.07. The topological polar surface area (TPSA) is 50.4 Å². The van der Waals surface area contributed by atoms with Crippen molar-refractivity contribution in [3.8, 4) is 5.75 Å². The first-order valence-electron chi connectivity index (χ1n) is 6.41. The Kier molecular flexibility index (Phi) is 5.38. The molecule has 0 radical (unpaired) electrons. The molecule has 0 saturated carbocycles. The van der Waals surface area contributed by atoms with E-state index in [2.05, 4.69) is 10.6 Å². The Morgan fingerprint density at radius 1 is 1.23 bits per heavy atom. The van der Waals surface area contributed by atoms with Gasteiger partial charge in [-0.2, -0.15) is 0 Å². The summed E-state index contributed by atoms with van der Waals surface area (Å²) in [5, 5.41) is 5.58. The van der Waals surface area contributed by atoms with Crippen LogP contribution in [0.5, 0.6) is 5.75 Å². The molecule has 0 spiro atoms. The first-order chi connectivity index (χ1) is 10.6. The summed E-state index contributed by atoms with van der Waals surface area (Å²) in [5.41, 5.74) is 1.31. The van der Waals surface area contributed by atoms with E-state index >= 15 is 0 Å². The lowest BCUT2D eigenvalue weighted by molar-refractivity contribution is 0.255. The van der Waals surface area contributed by atoms with Crippen LogP contribution in [0, 0.1) is 5.82 Å². The molecule has 0 saturated heterocycles. The van der Waals surface area contributed by atoms with Gasteiger partial charge in [-0.1, -0.05) is 23.7 Å². The molecule has 0 fully saturated rings. The molecule has 2 amide bonds. The Morgan fingerprint density at radius 3 is 2.59 bits per heavy atom. The molecule has 0 heterocycles. The number of methoxy groups -OCH3 is 1. The summed E-state index contributed by atoms with van der Waals surface area (Å²) in [5.74, 6) is 0.225. The SMILES string of the molecule is COc1ccc(NC(=O)N/C=C/c2ccc(F)cc2)cc1Cl. The highest BCUT2D eigenvalue weighted by atomic mass is 35.5. The number of benzene rings is 2. The monoisotopic (exact) mass is 320 g/mol. The van der Waals surface area contributed by atoms with Gasteiger partial charge < -0.3 is 15.4 Å². The van der Waals surface area contributed by atoms with E-state index in [4.69, 9.17) is 16.3 Å². The van der Waals surface area contributed by atoms with Gasteiger partial charge >= 0.3 is 6.03 Å². The number of rotatable bonds is 4. The maximum Gasteiger partial charge on any atom is 0.323 e. The number of carbonyl (C=O) groups excluding carboxylic acids is 1. The van der Waals surface area contributed by atoms with Crippen molar-refractivity contribution in [3.05, 3.63) is 65.1 Å². The fourth-order valence-electron chi connectivity index (χ4n) is 1.70. The van der Waals surface area contributed by atoms with Crippen LogP contribution >= 0.6 is 11.6 Å². The van der Waals surface area contributed by atoms with Gasteiger partial charge in [-0.05, 0) is 42.0 Å². The normalized spacial score (nSPS) is 10.5. The summed E-state index contributed by atoms with van der Waals surface area (Å²) in [4.78, 5) is 11.7. The Morgan fingerprint density at radius 2 is 1.95 bits per heavy atom. The van der Waals surface area contributed by atoms with Crippen LogP contribution in [0.15, 0.2) is 48.7 Å². The number of ether oxygens (including phenoxy) is 1. The zero-order valence-corrected chi connectivity index (χ0v) is 12.5. The van der Waals surface area contributed by atoms with E-state index in [9.17, 15) is 9.18 Å². The van der Waals surface area contributed by atoms with Gasteiger partial charge in [0.05, 0.1) is 12.1 Å². The fourth-order valence-corrected chi connectivity index (χ4v) is 1.96. The van der Waals surface area contributed by atoms with Crippen molar-refractivity contribution in [2.24, 2.45) is 0 Å². The van der Waals surface area contributed by atoms with Crippen LogP contribution in [0.1, 0.15) is 5.56 Å². The predicted molar refractivity (Wildman–Crippen MR) is 85.6 cm³/mol. The van der Waals surface area contributed by atoms with Crippen LogP contribution in [0.2, 0.25) is 5.02 Å². The number of hydrogen-bond donors (Lipinski definition) is 2. The van der Waals surface area contributed by atoms with Crippen LogP contribution in [0.4, 0.5) is 14.9 Å². The van der Waals surface area contributed by atoms with Crippen LogP contribution in [0.3, 0.4) is 0 Å². The highest BCUT2D eigenvalue weighted by Crippen LogP contribution is 2.27. The maximum atomic E-state index is 12.7. The minimum absolute atomic E-state index is 0.306. The van der Waals surface area contributed by atoms with Crippen molar-refractivity contribution < 1.29 is 13.9 Å². The summed E-state index contributed by atoms with van der Waals surface area (Å²) in [6.45, 7) is 0. The van der Waals surface area contributed by atoms with Gasteiger partial charge in [0, 0.05) is 11.9 Å². The summed E-state index contributed by atoms with van der Waals surface area (Å²) in [6, 6.07) is 10.4. The molecule has 2 rings (SSSR count). The minimum Gasteiger partial charge on any atom is -0.495 e. The summed E-state index contributed by atoms with van der Waals surface area (Å²) in [6.07, 6.45) is 3.12. The number of amides is 2. The van der Waals surface area contributed by atoms with Gasteiger partial charge in [-0.15, -0.1) is 0 Å². The molecule has 2 aromatic rings. The average Bonchev–Trinajstić information content (AvgIpc) is 2.49. The zero-order valence-electron chi connectivity index (χ0n) is 11.8. The van der Waals surface area contributed by atoms with E-state index in [1.165, 1.54) is 25.4 Å². The summed E-state index contributed by atoms with van der Waals surface area (Å²) in [7, 11) is 1.52. The van der Waals surface area contributed by atoms with E-state index in [1.807, 2.05) is 0 Å². The molecule has 0 atom stereocenters. The molecular weight excluding hydrogens is 307 g/mol. The lowest BCUT2D eigenvalue weighted by Crippen LogP contribution is -2.23. The van der Waals surface area contributed by atoms with Gasteiger partial charge in [-0.25, -0.2) is 9.18 Å². The van der Waals surface area contributed by atoms with Gasteiger partial charge in [0.2, 0.25) is 0 Å². The molecule has 6 heteroatoms. The minimum atomic E-state index is -0.417. The second-order valence-corrected chi connectivity index (χ2v) is 4.74. The molecule has 114 valence electrons. The lowest BCUT2D eigenvalue weighted by atomic mass is 10.2. The van der Waals surface area contributed by atoms with Crippen molar-refractivity contribution in [2.45, 2.75) is 0 Å². The summed E-state index contributed by atoms with van der Waals surface area (Å²) < 4.78 is 17.8. The number of urea groups is 1. The van der Waals surface area contributed by atoms with Crippen LogP contribution < -0.4 is 15.4 Å². The van der Waals surface area contributed by atoms with E-state index in [-0.39, 0.29) is 5.82 Å². The molecule has 4 nitrogen and oxygen atoms in total. The molecular formula is C16H14ClFN2O2. The second kappa shape index (κ2) is 7.47. The van der Waals surface area contributed by atoms with Crippen molar-refractivity contribution in [1.82, 2.24) is 5.32 Å². The number of carbonyl (C=O) groups is 1. The van der Waals surface area contributed by atoms with Crippen LogP contribution in [0.25, 0.3) is 6.08 Å². The third kappa shape index (κ3) is 4.49. The van der Waals surface area contributed by atoms with Crippen molar-refractivity contribution in [3.63, 3.8) is 0 Å². The van der Waals surface area contributed by atoms with E-state index in [0.29, 0.717) is 16.5 Å². The molecule has 22 heavy (non-hydrogen) atoms. The van der Waals surface area contributed by atoms with E-state index in [0.717, 1.165) is 5.56 Å². The zero-order chi connectivity index (χ0) is 15.9. The molecule has 0 unspecified atom stereocenters. The van der Waals surface area contributed by atoms with Crippen molar-refractivity contribution in [2.75, 3.05) is 12.4 Å². The molecule has 0 aliphatic carbocycles. The molecule has 0 aliphatic rings. The van der Waals surface area contributed by atoms with E-state index < -0.39 is 6.03 Å². The highest BCUT2D eigenvalue weighted by Gasteiger charge is 2.04. The first-order valence-corrected chi connectivity index (χ1v) is 6.79. The average molecular weight is 321 g/mol. The molecule has 0 aliphatic heterocycles. The molecule has 2 N–H and O–H groups in total. The number of hydrogen-bond acceptors (Lipinski definition) is 2. The number of halogens is 2. The Bertz CT molecular complexity index is 687. The Balaban J connectivity index is 1.90. The fraction of sp³-hybridized carbons (Fsp3) is 0.0625. The number of anilines is 1. The maximum absolute atomic E-state index is 12.7. The number of nitrogens with one attached hydrogen (secondary N) is 2. The van der Waals surface area contributed by atoms with Crippen LogP contribution in [-0.2, 0) is 0 Å². The molecule has 0 bridgehead atoms. The van der Waals surface area contributed by atoms with Gasteiger partial charge in [-0.3, -0.25) is 0 Å². The second-order valence-electron chi connectivity index (χ2n) is 4.33.